The number of aryl methyl sites for hydroxylation is 2. The van der Waals surface area contributed by atoms with Gasteiger partial charge in [-0.1, -0.05) is 24.2 Å². The largest absolute Gasteiger partial charge is 0.507 e. The number of nitrogens with zero attached hydrogens (tertiary/aromatic N) is 5. The smallest absolute Gasteiger partial charge is 0.226 e. The Kier molecular flexibility index (Phi) is 5.21. The molecule has 1 atom stereocenters. The molecule has 8 nitrogen and oxygen atoms in total. The van der Waals surface area contributed by atoms with Crippen molar-refractivity contribution in [1.29, 1.82) is 0 Å². The number of morpholine rings is 1. The number of phenols is 1. The van der Waals surface area contributed by atoms with Crippen LogP contribution in [0.2, 0.25) is 0 Å². The zero-order valence-corrected chi connectivity index (χ0v) is 16.0. The lowest BCUT2D eigenvalue weighted by Crippen LogP contribution is -2.44. The molecule has 1 saturated heterocycles. The van der Waals surface area contributed by atoms with Crippen LogP contribution in [0.3, 0.4) is 0 Å². The fourth-order valence-corrected chi connectivity index (χ4v) is 3.27. The Balaban J connectivity index is 1.54. The van der Waals surface area contributed by atoms with E-state index in [1.165, 1.54) is 0 Å². The first kappa shape index (κ1) is 18.4. The summed E-state index contributed by atoms with van der Waals surface area (Å²) in [6.45, 7) is 5.91. The van der Waals surface area contributed by atoms with Crippen molar-refractivity contribution in [3.63, 3.8) is 0 Å². The third kappa shape index (κ3) is 3.96. The lowest BCUT2D eigenvalue weighted by atomic mass is 10.1. The second kappa shape index (κ2) is 7.93. The van der Waals surface area contributed by atoms with Crippen molar-refractivity contribution < 1.29 is 14.4 Å². The van der Waals surface area contributed by atoms with Crippen LogP contribution in [0.15, 0.2) is 34.9 Å². The summed E-state index contributed by atoms with van der Waals surface area (Å²) in [5, 5.41) is 14.2. The molecule has 0 radical (unpaired) electrons. The number of anilines is 1. The summed E-state index contributed by atoms with van der Waals surface area (Å²) in [6.07, 6.45) is 1.27. The van der Waals surface area contributed by atoms with Gasteiger partial charge in [0.15, 0.2) is 11.6 Å². The second-order valence-electron chi connectivity index (χ2n) is 6.81. The molecule has 3 heterocycles. The van der Waals surface area contributed by atoms with Crippen molar-refractivity contribution in [2.75, 3.05) is 24.6 Å². The zero-order valence-electron chi connectivity index (χ0n) is 16.0. The molecule has 1 N–H and O–H groups in total. The molecule has 1 aromatic carbocycles. The number of hydrogen-bond acceptors (Lipinski definition) is 8. The molecule has 1 aliphatic rings. The average Bonchev–Trinajstić information content (AvgIpc) is 3.15. The molecular weight excluding hydrogens is 358 g/mol. The maximum absolute atomic E-state index is 10.1. The van der Waals surface area contributed by atoms with Crippen LogP contribution in [0.5, 0.6) is 5.75 Å². The summed E-state index contributed by atoms with van der Waals surface area (Å²) >= 11 is 0. The number of aromatic nitrogens is 4. The van der Waals surface area contributed by atoms with Gasteiger partial charge in [0.05, 0.1) is 18.3 Å². The third-order valence-corrected chi connectivity index (χ3v) is 4.67. The lowest BCUT2D eigenvalue weighted by Gasteiger charge is -2.33. The van der Waals surface area contributed by atoms with Gasteiger partial charge in [0, 0.05) is 37.7 Å². The number of hydrogen-bond donors (Lipinski definition) is 1. The minimum Gasteiger partial charge on any atom is -0.507 e. The van der Waals surface area contributed by atoms with Crippen LogP contribution >= 0.6 is 0 Å². The van der Waals surface area contributed by atoms with Gasteiger partial charge in [-0.2, -0.15) is 4.98 Å². The first-order valence-corrected chi connectivity index (χ1v) is 9.44. The first-order valence-electron chi connectivity index (χ1n) is 9.44. The van der Waals surface area contributed by atoms with Gasteiger partial charge in [-0.25, -0.2) is 9.97 Å². The van der Waals surface area contributed by atoms with E-state index in [9.17, 15) is 5.11 Å². The molecule has 1 fully saturated rings. The van der Waals surface area contributed by atoms with Crippen molar-refractivity contribution in [3.05, 3.63) is 47.7 Å². The average molecular weight is 381 g/mol. The Morgan fingerprint density at radius 2 is 2.07 bits per heavy atom. The standard InChI is InChI=1S/C20H23N5O3/c1-3-19-22-17(24-28-19)11-14-12-25(8-9-27-14)18-10-13(2)21-20(23-18)15-6-4-5-7-16(15)26/h4-7,10,14,26H,3,8-9,11-12H2,1-2H3. The minimum atomic E-state index is -0.0418. The Morgan fingerprint density at radius 1 is 1.21 bits per heavy atom. The highest BCUT2D eigenvalue weighted by atomic mass is 16.5. The predicted octanol–water partition coefficient (Wildman–Crippen LogP) is 2.55. The summed E-state index contributed by atoms with van der Waals surface area (Å²) in [7, 11) is 0. The molecule has 4 rings (SSSR count). The van der Waals surface area contributed by atoms with E-state index in [1.54, 1.807) is 12.1 Å². The van der Waals surface area contributed by atoms with Gasteiger partial charge >= 0.3 is 0 Å². The van der Waals surface area contributed by atoms with Gasteiger partial charge in [0.1, 0.15) is 11.6 Å². The van der Waals surface area contributed by atoms with Gasteiger partial charge in [-0.15, -0.1) is 0 Å². The molecule has 0 aliphatic carbocycles. The number of rotatable bonds is 5. The Bertz CT molecular complexity index is 959. The van der Waals surface area contributed by atoms with E-state index >= 15 is 0 Å². The van der Waals surface area contributed by atoms with Crippen LogP contribution in [0.1, 0.15) is 24.3 Å². The Morgan fingerprint density at radius 3 is 2.86 bits per heavy atom. The normalized spacial score (nSPS) is 17.1. The van der Waals surface area contributed by atoms with E-state index in [1.807, 2.05) is 32.0 Å². The number of benzene rings is 1. The van der Waals surface area contributed by atoms with Gasteiger partial charge in [-0.05, 0) is 19.1 Å². The minimum absolute atomic E-state index is 0.0418. The Hall–Kier alpha value is -3.00. The van der Waals surface area contributed by atoms with Crippen molar-refractivity contribution >= 4 is 5.82 Å². The van der Waals surface area contributed by atoms with Crippen LogP contribution < -0.4 is 4.90 Å². The maximum atomic E-state index is 10.1. The van der Waals surface area contributed by atoms with E-state index in [-0.39, 0.29) is 11.9 Å². The van der Waals surface area contributed by atoms with E-state index in [4.69, 9.17) is 14.2 Å². The summed E-state index contributed by atoms with van der Waals surface area (Å²) in [6, 6.07) is 9.05. The topological polar surface area (TPSA) is 97.4 Å². The molecule has 0 saturated carbocycles. The zero-order chi connectivity index (χ0) is 19.5. The maximum Gasteiger partial charge on any atom is 0.226 e. The molecule has 0 bridgehead atoms. The van der Waals surface area contributed by atoms with Crippen molar-refractivity contribution in [2.45, 2.75) is 32.8 Å². The summed E-state index contributed by atoms with van der Waals surface area (Å²) in [5.74, 6) is 2.81. The van der Waals surface area contributed by atoms with E-state index < -0.39 is 0 Å². The van der Waals surface area contributed by atoms with Gasteiger partial charge in [0.2, 0.25) is 5.89 Å². The van der Waals surface area contributed by atoms with Crippen molar-refractivity contribution in [1.82, 2.24) is 20.1 Å². The lowest BCUT2D eigenvalue weighted by molar-refractivity contribution is 0.0392. The van der Waals surface area contributed by atoms with E-state index in [2.05, 4.69) is 20.0 Å². The fraction of sp³-hybridized carbons (Fsp3) is 0.400. The fourth-order valence-electron chi connectivity index (χ4n) is 3.27. The number of aromatic hydroxyl groups is 1. The molecule has 8 heteroatoms. The van der Waals surface area contributed by atoms with Gasteiger partial charge in [-0.3, -0.25) is 0 Å². The molecule has 3 aromatic rings. The van der Waals surface area contributed by atoms with Crippen LogP contribution in [0.25, 0.3) is 11.4 Å². The summed E-state index contributed by atoms with van der Waals surface area (Å²) in [5.41, 5.74) is 1.47. The van der Waals surface area contributed by atoms with Crippen LogP contribution in [0, 0.1) is 6.92 Å². The van der Waals surface area contributed by atoms with Crippen LogP contribution in [-0.4, -0.2) is 51.0 Å². The highest BCUT2D eigenvalue weighted by molar-refractivity contribution is 5.65. The highest BCUT2D eigenvalue weighted by Gasteiger charge is 2.24. The second-order valence-corrected chi connectivity index (χ2v) is 6.81. The van der Waals surface area contributed by atoms with Gasteiger partial charge < -0.3 is 19.3 Å². The van der Waals surface area contributed by atoms with Crippen molar-refractivity contribution in [3.8, 4) is 17.1 Å². The van der Waals surface area contributed by atoms with Crippen LogP contribution in [-0.2, 0) is 17.6 Å². The monoisotopic (exact) mass is 381 g/mol. The predicted molar refractivity (Wildman–Crippen MR) is 103 cm³/mol. The molecule has 146 valence electrons. The van der Waals surface area contributed by atoms with E-state index in [0.717, 1.165) is 24.5 Å². The molecule has 0 spiro atoms. The molecular formula is C20H23N5O3. The molecule has 0 amide bonds. The molecule has 2 aromatic heterocycles. The number of ether oxygens (including phenoxy) is 1. The Labute approximate surface area is 163 Å². The molecule has 1 aliphatic heterocycles. The molecule has 28 heavy (non-hydrogen) atoms. The number of para-hydroxylation sites is 1. The van der Waals surface area contributed by atoms with E-state index in [0.29, 0.717) is 42.7 Å². The quantitative estimate of drug-likeness (QED) is 0.720. The van der Waals surface area contributed by atoms with Gasteiger partial charge in [0.25, 0.3) is 0 Å². The summed E-state index contributed by atoms with van der Waals surface area (Å²) in [4.78, 5) is 15.7. The molecule has 1 unspecified atom stereocenters. The first-order chi connectivity index (χ1) is 13.6. The van der Waals surface area contributed by atoms with Crippen LogP contribution in [0.4, 0.5) is 5.82 Å². The summed E-state index contributed by atoms with van der Waals surface area (Å²) < 4.78 is 11.1. The number of phenolic OH excluding ortho intramolecular Hbond substituents is 1. The SMILES string of the molecule is CCc1nc(CC2CN(c3cc(C)nc(-c4ccccc4O)n3)CCO2)no1. The highest BCUT2D eigenvalue weighted by Crippen LogP contribution is 2.28. The van der Waals surface area contributed by atoms with Crippen molar-refractivity contribution in [2.24, 2.45) is 0 Å². The third-order valence-electron chi connectivity index (χ3n) is 4.67.